The third-order valence-corrected chi connectivity index (χ3v) is 16.0. The molecule has 0 aliphatic heterocycles. The van der Waals surface area contributed by atoms with Crippen LogP contribution >= 0.6 is 0 Å². The Bertz CT molecular complexity index is 3740. The van der Waals surface area contributed by atoms with Crippen LogP contribution in [0, 0.1) is 23.7 Å². The number of rotatable bonds is 4. The second-order valence-corrected chi connectivity index (χ2v) is 19.2. The first-order chi connectivity index (χ1) is 31.7. The Morgan fingerprint density at radius 2 is 1.09 bits per heavy atom. The van der Waals surface area contributed by atoms with E-state index in [4.69, 9.17) is 19.4 Å². The summed E-state index contributed by atoms with van der Waals surface area (Å²) in [4.78, 5) is 15.8. The number of hydrogen-bond acceptors (Lipinski definition) is 4. The Hall–Kier alpha value is -7.37. The van der Waals surface area contributed by atoms with Crippen molar-refractivity contribution in [2.45, 2.75) is 37.5 Å². The van der Waals surface area contributed by atoms with E-state index in [0.29, 0.717) is 17.6 Å². The van der Waals surface area contributed by atoms with Gasteiger partial charge in [0.05, 0.1) is 11.0 Å². The van der Waals surface area contributed by atoms with Gasteiger partial charge in [-0.1, -0.05) is 133 Å². The van der Waals surface area contributed by atoms with Gasteiger partial charge in [0.1, 0.15) is 11.2 Å². The average molecular weight is 823 g/mol. The number of aromatic nitrogens is 4. The molecule has 304 valence electrons. The van der Waals surface area contributed by atoms with Crippen LogP contribution in [0.2, 0.25) is 0 Å². The van der Waals surface area contributed by atoms with Crippen molar-refractivity contribution < 1.29 is 4.42 Å². The molecular formula is C59H42N4O. The highest BCUT2D eigenvalue weighted by atomic mass is 16.3. The van der Waals surface area contributed by atoms with Crippen molar-refractivity contribution in [3.8, 4) is 51.0 Å². The molecule has 64 heavy (non-hydrogen) atoms. The average Bonchev–Trinajstić information content (AvgIpc) is 3.99. The maximum atomic E-state index is 6.36. The van der Waals surface area contributed by atoms with Crippen LogP contribution in [0.3, 0.4) is 0 Å². The van der Waals surface area contributed by atoms with Gasteiger partial charge in [0.2, 0.25) is 5.95 Å². The van der Waals surface area contributed by atoms with Gasteiger partial charge < -0.3 is 4.42 Å². The summed E-state index contributed by atoms with van der Waals surface area (Å²) in [5.41, 5.74) is 14.3. The van der Waals surface area contributed by atoms with E-state index in [2.05, 4.69) is 144 Å². The number of fused-ring (bicyclic) bond motifs is 11. The normalized spacial score (nSPS) is 21.8. The van der Waals surface area contributed by atoms with Crippen molar-refractivity contribution >= 4 is 54.5 Å². The summed E-state index contributed by atoms with van der Waals surface area (Å²) in [6.07, 6.45) is 7.04. The zero-order valence-corrected chi connectivity index (χ0v) is 35.2. The lowest BCUT2D eigenvalue weighted by Gasteiger charge is -2.61. The fourth-order valence-corrected chi connectivity index (χ4v) is 13.7. The molecule has 0 unspecified atom stereocenters. The molecule has 16 rings (SSSR count). The summed E-state index contributed by atoms with van der Waals surface area (Å²) in [5.74, 6) is 5.14. The standard InChI is InChI=1S/C59H42N4O/c1-2-11-37(12-3-1)56-60-57(40-19-22-46-45-15-7-9-17-53(45)64-54(46)33-40)62-58(61-56)63-52-25-21-39(32-49(52)47-23-18-36-10-4-5-13-43(36)55(47)63)38-20-24-51-48(31-38)44-14-6-8-16-50(44)59(51)41-27-34-26-35(29-41)30-42(59)28-34/h1-25,31-35,41-42H,26-30H2. The monoisotopic (exact) mass is 822 g/mol. The van der Waals surface area contributed by atoms with Crippen LogP contribution < -0.4 is 0 Å². The van der Waals surface area contributed by atoms with E-state index in [9.17, 15) is 0 Å². The van der Waals surface area contributed by atoms with Crippen LogP contribution in [0.5, 0.6) is 0 Å². The molecule has 8 aromatic carbocycles. The highest BCUT2D eigenvalue weighted by Gasteiger charge is 2.61. The molecule has 0 N–H and O–H groups in total. The van der Waals surface area contributed by atoms with Gasteiger partial charge in [-0.05, 0) is 131 Å². The van der Waals surface area contributed by atoms with Gasteiger partial charge in [0.15, 0.2) is 11.6 Å². The highest BCUT2D eigenvalue weighted by Crippen LogP contribution is 2.69. The first-order valence-electron chi connectivity index (χ1n) is 23.1. The lowest BCUT2D eigenvalue weighted by molar-refractivity contribution is -0.0399. The van der Waals surface area contributed by atoms with Gasteiger partial charge in [-0.15, -0.1) is 0 Å². The highest BCUT2D eigenvalue weighted by molar-refractivity contribution is 6.19. The van der Waals surface area contributed by atoms with Crippen LogP contribution in [-0.4, -0.2) is 19.5 Å². The van der Waals surface area contributed by atoms with Crippen LogP contribution in [0.4, 0.5) is 0 Å². The first kappa shape index (κ1) is 35.1. The molecule has 1 spiro atoms. The molecule has 3 heterocycles. The molecule has 5 nitrogen and oxygen atoms in total. The number of nitrogens with zero attached hydrogens (tertiary/aromatic N) is 4. The third kappa shape index (κ3) is 4.76. The van der Waals surface area contributed by atoms with E-state index in [1.807, 2.05) is 30.3 Å². The Kier molecular flexibility index (Phi) is 7.06. The largest absolute Gasteiger partial charge is 0.456 e. The minimum Gasteiger partial charge on any atom is -0.456 e. The summed E-state index contributed by atoms with van der Waals surface area (Å²) in [6.45, 7) is 0. The fraction of sp³-hybridized carbons (Fsp3) is 0.169. The number of benzene rings is 8. The van der Waals surface area contributed by atoms with Crippen molar-refractivity contribution in [3.05, 3.63) is 181 Å². The van der Waals surface area contributed by atoms with E-state index < -0.39 is 0 Å². The van der Waals surface area contributed by atoms with Gasteiger partial charge >= 0.3 is 0 Å². The van der Waals surface area contributed by atoms with Crippen molar-refractivity contribution in [1.82, 2.24) is 19.5 Å². The predicted octanol–water partition coefficient (Wildman–Crippen LogP) is 14.7. The summed E-state index contributed by atoms with van der Waals surface area (Å²) < 4.78 is 8.63. The molecule has 5 heteroatoms. The zero-order chi connectivity index (χ0) is 41.7. The summed E-state index contributed by atoms with van der Waals surface area (Å²) in [6, 6.07) is 61.8. The van der Waals surface area contributed by atoms with E-state index in [1.54, 1.807) is 11.1 Å². The van der Waals surface area contributed by atoms with Crippen LogP contribution in [0.15, 0.2) is 174 Å². The Morgan fingerprint density at radius 3 is 1.95 bits per heavy atom. The lowest BCUT2D eigenvalue weighted by atomic mass is 9.43. The molecule has 0 atom stereocenters. The van der Waals surface area contributed by atoms with Crippen LogP contribution in [0.25, 0.3) is 105 Å². The molecule has 0 saturated heterocycles. The molecule has 0 amide bonds. The quantitative estimate of drug-likeness (QED) is 0.177. The fourth-order valence-electron chi connectivity index (χ4n) is 13.7. The molecule has 5 aliphatic rings. The summed E-state index contributed by atoms with van der Waals surface area (Å²) in [7, 11) is 0. The minimum atomic E-state index is 0.163. The lowest BCUT2D eigenvalue weighted by Crippen LogP contribution is -2.55. The second kappa shape index (κ2) is 12.9. The van der Waals surface area contributed by atoms with Gasteiger partial charge in [0, 0.05) is 43.5 Å². The Balaban J connectivity index is 0.934. The number of hydrogen-bond donors (Lipinski definition) is 0. The topological polar surface area (TPSA) is 56.7 Å². The number of furan rings is 1. The van der Waals surface area contributed by atoms with Crippen molar-refractivity contribution in [2.24, 2.45) is 23.7 Å². The number of para-hydroxylation sites is 1. The summed E-state index contributed by atoms with van der Waals surface area (Å²) >= 11 is 0. The third-order valence-electron chi connectivity index (χ3n) is 16.0. The Labute approximate surface area is 370 Å². The smallest absolute Gasteiger partial charge is 0.238 e. The van der Waals surface area contributed by atoms with E-state index in [-0.39, 0.29) is 5.41 Å². The molecule has 3 aromatic heterocycles. The maximum Gasteiger partial charge on any atom is 0.238 e. The summed E-state index contributed by atoms with van der Waals surface area (Å²) in [5, 5.41) is 6.83. The van der Waals surface area contributed by atoms with E-state index >= 15 is 0 Å². The molecule has 0 radical (unpaired) electrons. The van der Waals surface area contributed by atoms with Gasteiger partial charge in [-0.25, -0.2) is 4.98 Å². The molecule has 5 aliphatic carbocycles. The van der Waals surface area contributed by atoms with Gasteiger partial charge in [-0.3, -0.25) is 4.57 Å². The second-order valence-electron chi connectivity index (χ2n) is 19.2. The zero-order valence-electron chi connectivity index (χ0n) is 35.2. The van der Waals surface area contributed by atoms with Crippen molar-refractivity contribution in [1.29, 1.82) is 0 Å². The van der Waals surface area contributed by atoms with Gasteiger partial charge in [-0.2, -0.15) is 9.97 Å². The molecule has 4 bridgehead atoms. The van der Waals surface area contributed by atoms with Crippen molar-refractivity contribution in [2.75, 3.05) is 0 Å². The minimum absolute atomic E-state index is 0.163. The molecule has 4 fully saturated rings. The SMILES string of the molecule is c1ccc(-c2nc(-c3ccc4c(c3)oc3ccccc34)nc(-n3c4ccc(-c5ccc6c(c5)-c5ccccc5C65C6CC7CC(C6)CC5C7)cc4c4ccc5ccccc5c43)n2)cc1. The molecule has 11 aromatic rings. The van der Waals surface area contributed by atoms with E-state index in [0.717, 1.165) is 73.2 Å². The van der Waals surface area contributed by atoms with E-state index in [1.165, 1.54) is 70.5 Å². The Morgan fingerprint density at radius 1 is 0.438 bits per heavy atom. The first-order valence-corrected chi connectivity index (χ1v) is 23.1. The van der Waals surface area contributed by atoms with Gasteiger partial charge in [0.25, 0.3) is 0 Å². The van der Waals surface area contributed by atoms with Crippen LogP contribution in [-0.2, 0) is 5.41 Å². The maximum absolute atomic E-state index is 6.36. The van der Waals surface area contributed by atoms with Crippen LogP contribution in [0.1, 0.15) is 43.2 Å². The van der Waals surface area contributed by atoms with Crippen molar-refractivity contribution in [3.63, 3.8) is 0 Å². The molecular weight excluding hydrogens is 781 g/mol. The predicted molar refractivity (Wildman–Crippen MR) is 259 cm³/mol. The molecule has 4 saturated carbocycles.